The van der Waals surface area contributed by atoms with E-state index in [0.29, 0.717) is 38.8 Å². The molecule has 4 aromatic carbocycles. The predicted molar refractivity (Wildman–Crippen MR) is 247 cm³/mol. The van der Waals surface area contributed by atoms with Crippen molar-refractivity contribution < 1.29 is 30.5 Å². The van der Waals surface area contributed by atoms with Gasteiger partial charge in [-0.1, -0.05) is 103 Å². The molecular formula is C47H54IN2O6S2+. The summed E-state index contributed by atoms with van der Waals surface area (Å²) >= 11 is 2.49. The van der Waals surface area contributed by atoms with Crippen molar-refractivity contribution in [2.45, 2.75) is 83.5 Å². The zero-order chi connectivity index (χ0) is 41.5. The molecule has 3 aliphatic rings. The topological polar surface area (TPSA) is 115 Å². The minimum Gasteiger partial charge on any atom is -0.344 e. The fourth-order valence-corrected chi connectivity index (χ4v) is 11.7. The van der Waals surface area contributed by atoms with Crippen LogP contribution in [0.15, 0.2) is 120 Å². The fourth-order valence-electron chi connectivity index (χ4n) is 9.54. The van der Waals surface area contributed by atoms with Crippen LogP contribution in [0.2, 0.25) is 0 Å². The van der Waals surface area contributed by atoms with Crippen molar-refractivity contribution in [3.8, 4) is 0 Å². The maximum absolute atomic E-state index is 11.5. The highest BCUT2D eigenvalue weighted by molar-refractivity contribution is 14.1. The number of unbranched alkanes of at least 4 members (excludes halogenated alkanes) is 2. The SMILES string of the molecule is CC1(C)C(/C=C/C2=C(CI)C(=C/C=C3/N(CCCCS(=O)(=O)O)c4ccc5ccccc5c4C3(C)C)/CCC2)=[N+](CCCCS(=O)(=O)O)c2ccc3ccccc3c21. The van der Waals surface area contributed by atoms with Gasteiger partial charge in [0, 0.05) is 51.9 Å². The molecule has 2 heterocycles. The Morgan fingerprint density at radius 1 is 0.724 bits per heavy atom. The molecule has 2 aliphatic heterocycles. The highest BCUT2D eigenvalue weighted by Gasteiger charge is 2.45. The fraction of sp³-hybridized carbons (Fsp3) is 0.383. The lowest BCUT2D eigenvalue weighted by molar-refractivity contribution is -0.438. The normalized spacial score (nSPS) is 19.4. The van der Waals surface area contributed by atoms with E-state index in [1.807, 2.05) is 0 Å². The molecule has 0 amide bonds. The Hall–Kier alpha value is -3.62. The van der Waals surface area contributed by atoms with Gasteiger partial charge in [0.2, 0.25) is 5.69 Å². The summed E-state index contributed by atoms with van der Waals surface area (Å²) in [5, 5.41) is 4.82. The lowest BCUT2D eigenvalue weighted by Gasteiger charge is -2.27. The number of alkyl halides is 1. The quantitative estimate of drug-likeness (QED) is 0.0425. The van der Waals surface area contributed by atoms with Gasteiger partial charge >= 0.3 is 0 Å². The van der Waals surface area contributed by atoms with Crippen molar-refractivity contribution in [1.82, 2.24) is 0 Å². The highest BCUT2D eigenvalue weighted by Crippen LogP contribution is 2.51. The van der Waals surface area contributed by atoms with Crippen molar-refractivity contribution in [3.63, 3.8) is 0 Å². The van der Waals surface area contributed by atoms with Crippen LogP contribution in [0.3, 0.4) is 0 Å². The summed E-state index contributed by atoms with van der Waals surface area (Å²) in [4.78, 5) is 2.35. The first-order chi connectivity index (χ1) is 27.5. The molecule has 11 heteroatoms. The molecule has 8 nitrogen and oxygen atoms in total. The van der Waals surface area contributed by atoms with Crippen molar-refractivity contribution in [3.05, 3.63) is 131 Å². The number of hydrogen-bond donors (Lipinski definition) is 2. The number of anilines is 1. The molecule has 0 saturated heterocycles. The Bertz CT molecular complexity index is 2650. The van der Waals surface area contributed by atoms with Gasteiger partial charge in [-0.2, -0.15) is 21.4 Å². The molecule has 4 aromatic rings. The molecule has 0 bridgehead atoms. The van der Waals surface area contributed by atoms with Crippen LogP contribution in [0.5, 0.6) is 0 Å². The molecule has 0 spiro atoms. The minimum absolute atomic E-state index is 0.247. The van der Waals surface area contributed by atoms with Gasteiger partial charge in [0.05, 0.1) is 16.9 Å². The van der Waals surface area contributed by atoms with Gasteiger partial charge in [-0.15, -0.1) is 0 Å². The largest absolute Gasteiger partial charge is 0.344 e. The van der Waals surface area contributed by atoms with Crippen molar-refractivity contribution in [2.75, 3.05) is 33.9 Å². The van der Waals surface area contributed by atoms with Crippen LogP contribution in [-0.2, 0) is 31.1 Å². The molecular weight excluding hydrogens is 880 g/mol. The molecule has 0 unspecified atom stereocenters. The van der Waals surface area contributed by atoms with Gasteiger partial charge in [0.15, 0.2) is 5.71 Å². The van der Waals surface area contributed by atoms with Crippen LogP contribution in [0.1, 0.15) is 83.8 Å². The van der Waals surface area contributed by atoms with Gasteiger partial charge in [0.1, 0.15) is 6.54 Å². The molecule has 58 heavy (non-hydrogen) atoms. The van der Waals surface area contributed by atoms with Gasteiger partial charge in [0.25, 0.3) is 20.2 Å². The molecule has 2 N–H and O–H groups in total. The molecule has 1 aliphatic carbocycles. The van der Waals surface area contributed by atoms with E-state index in [4.69, 9.17) is 0 Å². The van der Waals surface area contributed by atoms with E-state index < -0.39 is 20.2 Å². The van der Waals surface area contributed by atoms with Crippen molar-refractivity contribution >= 4 is 81.5 Å². The van der Waals surface area contributed by atoms with E-state index >= 15 is 0 Å². The Morgan fingerprint density at radius 3 is 2.00 bits per heavy atom. The van der Waals surface area contributed by atoms with Crippen LogP contribution in [0.25, 0.3) is 21.5 Å². The molecule has 0 atom stereocenters. The number of benzene rings is 4. The average molecular weight is 934 g/mol. The number of fused-ring (bicyclic) bond motifs is 6. The van der Waals surface area contributed by atoms with Gasteiger partial charge in [-0.25, -0.2) is 0 Å². The summed E-state index contributed by atoms with van der Waals surface area (Å²) in [7, 11) is -8.05. The summed E-state index contributed by atoms with van der Waals surface area (Å²) < 4.78 is 68.2. The number of allylic oxidation sites excluding steroid dienone is 8. The Labute approximate surface area is 357 Å². The number of hydrogen-bond acceptors (Lipinski definition) is 5. The van der Waals surface area contributed by atoms with Crippen LogP contribution < -0.4 is 4.90 Å². The van der Waals surface area contributed by atoms with E-state index in [-0.39, 0.29) is 22.3 Å². The third-order valence-corrected chi connectivity index (χ3v) is 14.6. The van der Waals surface area contributed by atoms with E-state index in [9.17, 15) is 25.9 Å². The number of nitrogens with zero attached hydrogens (tertiary/aromatic N) is 2. The molecule has 0 fully saturated rings. The lowest BCUT2D eigenvalue weighted by atomic mass is 9.78. The van der Waals surface area contributed by atoms with E-state index in [1.54, 1.807) is 0 Å². The summed E-state index contributed by atoms with van der Waals surface area (Å²) in [5.41, 5.74) is 10.5. The second-order valence-corrected chi connectivity index (χ2v) is 20.8. The van der Waals surface area contributed by atoms with E-state index in [2.05, 4.69) is 157 Å². The van der Waals surface area contributed by atoms with Crippen LogP contribution in [-0.4, -0.2) is 65.3 Å². The average Bonchev–Trinajstić information content (AvgIpc) is 3.53. The zero-order valence-electron chi connectivity index (χ0n) is 33.8. The predicted octanol–water partition coefficient (Wildman–Crippen LogP) is 10.8. The summed E-state index contributed by atoms with van der Waals surface area (Å²) in [6.07, 6.45) is 14.2. The minimum atomic E-state index is -4.02. The molecule has 7 rings (SSSR count). The van der Waals surface area contributed by atoms with Crippen LogP contribution in [0.4, 0.5) is 11.4 Å². The standard InChI is InChI=1S/C47H53IN2O6S2/c1-46(2)42(49(28-9-11-30-57(51,52)53)40-24-20-33-14-5-7-18-37(33)44(40)46)26-22-35-16-13-17-36(39(35)32-48)23-27-43-47(3,4)45-38-19-8-6-15-34(38)21-25-41(45)50(43)29-10-12-31-58(54,55)56/h5-8,14-15,18-27H,9-13,16-17,28-32H2,1-4H3,(H-,51,52,53,54,55,56)/p+1. The van der Waals surface area contributed by atoms with Crippen LogP contribution >= 0.6 is 22.6 Å². The third-order valence-electron chi connectivity index (χ3n) is 12.3. The van der Waals surface area contributed by atoms with Gasteiger partial charge < -0.3 is 4.90 Å². The number of halogens is 1. The van der Waals surface area contributed by atoms with Crippen molar-refractivity contribution in [1.29, 1.82) is 0 Å². The van der Waals surface area contributed by atoms with Crippen molar-refractivity contribution in [2.24, 2.45) is 0 Å². The number of rotatable bonds is 14. The Balaban J connectivity index is 1.26. The summed E-state index contributed by atoms with van der Waals surface area (Å²) in [6.45, 7) is 10.4. The summed E-state index contributed by atoms with van der Waals surface area (Å²) in [5.74, 6) is -0.494. The first-order valence-electron chi connectivity index (χ1n) is 20.3. The zero-order valence-corrected chi connectivity index (χ0v) is 37.6. The second-order valence-electron chi connectivity index (χ2n) is 16.9. The highest BCUT2D eigenvalue weighted by atomic mass is 127. The maximum atomic E-state index is 11.5. The van der Waals surface area contributed by atoms with Gasteiger partial charge in [-0.05, 0) is 114 Å². The van der Waals surface area contributed by atoms with E-state index in [0.717, 1.165) is 35.1 Å². The first-order valence-corrected chi connectivity index (χ1v) is 25.0. The first kappa shape index (κ1) is 42.5. The monoisotopic (exact) mass is 933 g/mol. The van der Waals surface area contributed by atoms with E-state index in [1.165, 1.54) is 60.8 Å². The molecule has 0 saturated carbocycles. The lowest BCUT2D eigenvalue weighted by Crippen LogP contribution is -2.28. The molecule has 0 radical (unpaired) electrons. The molecule has 306 valence electrons. The smallest absolute Gasteiger partial charge is 0.264 e. The van der Waals surface area contributed by atoms with Gasteiger partial charge in [-0.3, -0.25) is 9.11 Å². The van der Waals surface area contributed by atoms with Crippen LogP contribution in [0, 0.1) is 0 Å². The maximum Gasteiger partial charge on any atom is 0.264 e. The second kappa shape index (κ2) is 16.8. The molecule has 0 aromatic heterocycles. The summed E-state index contributed by atoms with van der Waals surface area (Å²) in [6, 6.07) is 25.7. The Morgan fingerprint density at radius 2 is 1.34 bits per heavy atom. The Kier molecular flexibility index (Phi) is 12.3. The third kappa shape index (κ3) is 8.66.